The molecule has 0 unspecified atom stereocenters. The molecule has 0 spiro atoms. The molecule has 1 fully saturated rings. The third kappa shape index (κ3) is 3.85. The number of para-hydroxylation sites is 2. The Hall–Kier alpha value is -1.26. The van der Waals surface area contributed by atoms with Gasteiger partial charge in [0.05, 0.1) is 19.8 Å². The van der Waals surface area contributed by atoms with Gasteiger partial charge in [-0.1, -0.05) is 12.1 Å². The Balaban J connectivity index is 1.82. The number of ether oxygens (including phenoxy) is 3. The van der Waals surface area contributed by atoms with Crippen molar-refractivity contribution in [1.82, 2.24) is 4.90 Å². The highest BCUT2D eigenvalue weighted by Gasteiger charge is 2.22. The maximum absolute atomic E-state index is 5.81. The summed E-state index contributed by atoms with van der Waals surface area (Å²) in [5.74, 6) is 1.59. The van der Waals surface area contributed by atoms with E-state index in [1.165, 1.54) is 0 Å². The predicted octanol–water partition coefficient (Wildman–Crippen LogP) is 2.18. The average Bonchev–Trinajstić information content (AvgIpc) is 2.43. The third-order valence-corrected chi connectivity index (χ3v) is 3.44. The van der Waals surface area contributed by atoms with Crippen molar-refractivity contribution < 1.29 is 14.2 Å². The summed E-state index contributed by atoms with van der Waals surface area (Å²) in [7, 11) is 1.66. The van der Waals surface area contributed by atoms with Crippen LogP contribution in [0.3, 0.4) is 0 Å². The fourth-order valence-corrected chi connectivity index (χ4v) is 2.29. The molecule has 1 aliphatic rings. The van der Waals surface area contributed by atoms with Crippen LogP contribution in [-0.4, -0.2) is 50.5 Å². The number of nitrogens with zero attached hydrogens (tertiary/aromatic N) is 1. The molecule has 1 aromatic rings. The van der Waals surface area contributed by atoms with Crippen LogP contribution in [0.2, 0.25) is 0 Å². The van der Waals surface area contributed by atoms with Gasteiger partial charge in [-0.15, -0.1) is 0 Å². The molecule has 4 nitrogen and oxygen atoms in total. The van der Waals surface area contributed by atoms with Gasteiger partial charge in [-0.2, -0.15) is 0 Å². The fourth-order valence-electron chi connectivity index (χ4n) is 2.29. The first-order valence-corrected chi connectivity index (χ1v) is 6.82. The van der Waals surface area contributed by atoms with E-state index in [1.807, 2.05) is 24.3 Å². The van der Waals surface area contributed by atoms with Crippen molar-refractivity contribution in [1.29, 1.82) is 0 Å². The molecule has 1 saturated heterocycles. The molecule has 0 saturated carbocycles. The zero-order chi connectivity index (χ0) is 13.7. The van der Waals surface area contributed by atoms with Crippen molar-refractivity contribution in [3.05, 3.63) is 24.3 Å². The van der Waals surface area contributed by atoms with Gasteiger partial charge in [-0.3, -0.25) is 4.90 Å². The minimum Gasteiger partial charge on any atom is -0.493 e. The van der Waals surface area contributed by atoms with E-state index in [-0.39, 0.29) is 0 Å². The molecule has 0 aromatic heterocycles. The second-order valence-electron chi connectivity index (χ2n) is 4.99. The number of rotatable bonds is 5. The van der Waals surface area contributed by atoms with E-state index in [0.717, 1.165) is 31.2 Å². The van der Waals surface area contributed by atoms with Gasteiger partial charge in [0, 0.05) is 19.1 Å². The predicted molar refractivity (Wildman–Crippen MR) is 74.9 cm³/mol. The summed E-state index contributed by atoms with van der Waals surface area (Å²) in [6.45, 7) is 7.64. The highest BCUT2D eigenvalue weighted by molar-refractivity contribution is 5.39. The van der Waals surface area contributed by atoms with Crippen LogP contribution in [0.5, 0.6) is 11.5 Å². The van der Waals surface area contributed by atoms with Crippen LogP contribution in [0.15, 0.2) is 24.3 Å². The van der Waals surface area contributed by atoms with E-state index in [9.17, 15) is 0 Å². The quantitative estimate of drug-likeness (QED) is 0.816. The maximum Gasteiger partial charge on any atom is 0.161 e. The lowest BCUT2D eigenvalue weighted by molar-refractivity contribution is -0.0523. The average molecular weight is 265 g/mol. The largest absolute Gasteiger partial charge is 0.493 e. The molecule has 2 rings (SSSR count). The number of morpholine rings is 1. The maximum atomic E-state index is 5.81. The summed E-state index contributed by atoms with van der Waals surface area (Å²) in [5, 5.41) is 0. The molecule has 0 N–H and O–H groups in total. The Bertz CT molecular complexity index is 397. The Labute approximate surface area is 115 Å². The van der Waals surface area contributed by atoms with Crippen molar-refractivity contribution in [2.45, 2.75) is 26.0 Å². The lowest BCUT2D eigenvalue weighted by atomic mass is 10.2. The van der Waals surface area contributed by atoms with Gasteiger partial charge in [0.2, 0.25) is 0 Å². The van der Waals surface area contributed by atoms with Crippen LogP contribution in [0.25, 0.3) is 0 Å². The number of hydrogen-bond donors (Lipinski definition) is 0. The fraction of sp³-hybridized carbons (Fsp3) is 0.600. The summed E-state index contributed by atoms with van der Waals surface area (Å²) in [6, 6.07) is 8.20. The summed E-state index contributed by atoms with van der Waals surface area (Å²) in [5.41, 5.74) is 0. The van der Waals surface area contributed by atoms with Crippen LogP contribution < -0.4 is 9.47 Å². The lowest BCUT2D eigenvalue weighted by Gasteiger charge is -2.36. The molecule has 0 bridgehead atoms. The molecule has 1 aromatic carbocycles. The number of benzene rings is 1. The van der Waals surface area contributed by atoms with Gasteiger partial charge in [-0.05, 0) is 26.0 Å². The van der Waals surface area contributed by atoms with Gasteiger partial charge in [0.1, 0.15) is 6.61 Å². The molecule has 0 aliphatic carbocycles. The molecule has 4 heteroatoms. The van der Waals surface area contributed by atoms with Gasteiger partial charge >= 0.3 is 0 Å². The molecule has 19 heavy (non-hydrogen) atoms. The highest BCUT2D eigenvalue weighted by atomic mass is 16.5. The van der Waals surface area contributed by atoms with Gasteiger partial charge in [-0.25, -0.2) is 0 Å². The number of methoxy groups -OCH3 is 1. The first kappa shape index (κ1) is 14.2. The second-order valence-corrected chi connectivity index (χ2v) is 4.99. The second kappa shape index (κ2) is 6.78. The summed E-state index contributed by atoms with van der Waals surface area (Å²) in [6.07, 6.45) is 0.308. The standard InChI is InChI=1S/C15H23NO3/c1-12-11-19-13(2)10-16(12)8-9-18-15-7-5-4-6-14(15)17-3/h4-7,12-13H,8-11H2,1-3H3/t12-,13-/m0/s1. The van der Waals surface area contributed by atoms with Gasteiger partial charge in [0.25, 0.3) is 0 Å². The zero-order valence-corrected chi connectivity index (χ0v) is 12.0. The Morgan fingerprint density at radius 1 is 1.26 bits per heavy atom. The van der Waals surface area contributed by atoms with Crippen LogP contribution in [-0.2, 0) is 4.74 Å². The molecule has 0 radical (unpaired) electrons. The molecular weight excluding hydrogens is 242 g/mol. The monoisotopic (exact) mass is 265 g/mol. The van der Waals surface area contributed by atoms with Crippen molar-refractivity contribution in [3.8, 4) is 11.5 Å². The van der Waals surface area contributed by atoms with E-state index in [0.29, 0.717) is 18.8 Å². The first-order chi connectivity index (χ1) is 9.20. The molecule has 2 atom stereocenters. The van der Waals surface area contributed by atoms with E-state index < -0.39 is 0 Å². The van der Waals surface area contributed by atoms with E-state index in [1.54, 1.807) is 7.11 Å². The minimum atomic E-state index is 0.308. The first-order valence-electron chi connectivity index (χ1n) is 6.82. The highest BCUT2D eigenvalue weighted by Crippen LogP contribution is 2.25. The van der Waals surface area contributed by atoms with Crippen LogP contribution >= 0.6 is 0 Å². The van der Waals surface area contributed by atoms with E-state index in [4.69, 9.17) is 14.2 Å². The summed E-state index contributed by atoms with van der Waals surface area (Å²) >= 11 is 0. The van der Waals surface area contributed by atoms with E-state index >= 15 is 0 Å². The molecular formula is C15H23NO3. The lowest BCUT2D eigenvalue weighted by Crippen LogP contribution is -2.48. The van der Waals surface area contributed by atoms with Crippen molar-refractivity contribution >= 4 is 0 Å². The van der Waals surface area contributed by atoms with E-state index in [2.05, 4.69) is 18.7 Å². The van der Waals surface area contributed by atoms with Gasteiger partial charge in [0.15, 0.2) is 11.5 Å². The molecule has 0 amide bonds. The SMILES string of the molecule is COc1ccccc1OCCN1C[C@H](C)OC[C@@H]1C. The van der Waals surface area contributed by atoms with Crippen LogP contribution in [0.4, 0.5) is 0 Å². The van der Waals surface area contributed by atoms with Crippen LogP contribution in [0, 0.1) is 0 Å². The minimum absolute atomic E-state index is 0.308. The zero-order valence-electron chi connectivity index (χ0n) is 12.0. The molecule has 1 aliphatic heterocycles. The normalized spacial score (nSPS) is 24.2. The Kier molecular flexibility index (Phi) is 5.05. The molecule has 1 heterocycles. The smallest absolute Gasteiger partial charge is 0.161 e. The van der Waals surface area contributed by atoms with Gasteiger partial charge < -0.3 is 14.2 Å². The van der Waals surface area contributed by atoms with Crippen molar-refractivity contribution in [2.24, 2.45) is 0 Å². The summed E-state index contributed by atoms with van der Waals surface area (Å²) < 4.78 is 16.7. The van der Waals surface area contributed by atoms with Crippen LogP contribution in [0.1, 0.15) is 13.8 Å². The third-order valence-electron chi connectivity index (χ3n) is 3.44. The van der Waals surface area contributed by atoms with Crippen molar-refractivity contribution in [3.63, 3.8) is 0 Å². The topological polar surface area (TPSA) is 30.9 Å². The summed E-state index contributed by atoms with van der Waals surface area (Å²) in [4.78, 5) is 2.41. The Morgan fingerprint density at radius 2 is 2.00 bits per heavy atom. The molecule has 106 valence electrons. The Morgan fingerprint density at radius 3 is 2.74 bits per heavy atom. The number of hydrogen-bond acceptors (Lipinski definition) is 4. The van der Waals surface area contributed by atoms with Crippen molar-refractivity contribution in [2.75, 3.05) is 33.4 Å².